The summed E-state index contributed by atoms with van der Waals surface area (Å²) in [6.45, 7) is -0.165. The van der Waals surface area contributed by atoms with Crippen molar-refractivity contribution in [3.63, 3.8) is 0 Å². The number of nitrogens with zero attached hydrogens (tertiary/aromatic N) is 3. The highest BCUT2D eigenvalue weighted by atomic mass is 19.4. The van der Waals surface area contributed by atoms with Gasteiger partial charge in [-0.3, -0.25) is 4.90 Å². The molecule has 1 aliphatic rings. The number of rotatable bonds is 3. The number of anilines is 2. The molecule has 8 heteroatoms. The second-order valence-electron chi connectivity index (χ2n) is 5.43. The van der Waals surface area contributed by atoms with Gasteiger partial charge in [0.25, 0.3) is 0 Å². The molecule has 1 aromatic carbocycles. The van der Waals surface area contributed by atoms with Gasteiger partial charge in [0.05, 0.1) is 12.1 Å². The Labute approximate surface area is 125 Å². The van der Waals surface area contributed by atoms with E-state index >= 15 is 0 Å². The number of fused-ring (bicyclic) bond motifs is 1. The lowest BCUT2D eigenvalue weighted by Crippen LogP contribution is -2.34. The zero-order valence-corrected chi connectivity index (χ0v) is 11.8. The SMILES string of the molecule is Nc1nc(NC2CCN(CC(F)(F)F)C2)nc2ccccc12. The lowest BCUT2D eigenvalue weighted by atomic mass is 10.2. The first-order valence-corrected chi connectivity index (χ1v) is 6.98. The maximum absolute atomic E-state index is 12.4. The Hall–Kier alpha value is -2.09. The van der Waals surface area contributed by atoms with Gasteiger partial charge in [0.15, 0.2) is 0 Å². The first kappa shape index (κ1) is 14.8. The highest BCUT2D eigenvalue weighted by Crippen LogP contribution is 2.23. The fourth-order valence-corrected chi connectivity index (χ4v) is 2.70. The molecule has 1 unspecified atom stereocenters. The fourth-order valence-electron chi connectivity index (χ4n) is 2.70. The van der Waals surface area contributed by atoms with Gasteiger partial charge in [-0.2, -0.15) is 18.2 Å². The van der Waals surface area contributed by atoms with Gasteiger partial charge in [0, 0.05) is 24.5 Å². The van der Waals surface area contributed by atoms with Crippen LogP contribution in [0.3, 0.4) is 0 Å². The van der Waals surface area contributed by atoms with Crippen LogP contribution in [0.4, 0.5) is 24.9 Å². The molecule has 22 heavy (non-hydrogen) atoms. The number of benzene rings is 1. The van der Waals surface area contributed by atoms with Crippen molar-refractivity contribution in [3.8, 4) is 0 Å². The molecule has 1 aromatic heterocycles. The number of nitrogens with one attached hydrogen (secondary N) is 1. The predicted octanol–water partition coefficient (Wildman–Crippen LogP) is 2.26. The lowest BCUT2D eigenvalue weighted by molar-refractivity contribution is -0.143. The molecule has 1 atom stereocenters. The van der Waals surface area contributed by atoms with Gasteiger partial charge in [-0.05, 0) is 18.6 Å². The van der Waals surface area contributed by atoms with E-state index in [9.17, 15) is 13.2 Å². The van der Waals surface area contributed by atoms with Crippen LogP contribution in [-0.2, 0) is 0 Å². The third-order valence-corrected chi connectivity index (χ3v) is 3.64. The number of hydrogen-bond donors (Lipinski definition) is 2. The van der Waals surface area contributed by atoms with Gasteiger partial charge in [0.2, 0.25) is 5.95 Å². The number of alkyl halides is 3. The molecular formula is C14H16F3N5. The van der Waals surface area contributed by atoms with Gasteiger partial charge in [0.1, 0.15) is 5.82 Å². The number of likely N-dealkylation sites (tertiary alicyclic amines) is 1. The van der Waals surface area contributed by atoms with Crippen LogP contribution in [0.15, 0.2) is 24.3 Å². The van der Waals surface area contributed by atoms with E-state index in [1.54, 1.807) is 0 Å². The molecule has 2 aromatic rings. The normalized spacial score (nSPS) is 19.7. The summed E-state index contributed by atoms with van der Waals surface area (Å²) in [5.74, 6) is 0.716. The molecule has 1 fully saturated rings. The minimum atomic E-state index is -4.17. The fraction of sp³-hybridized carbons (Fsp3) is 0.429. The molecular weight excluding hydrogens is 295 g/mol. The average Bonchev–Trinajstić information content (AvgIpc) is 2.83. The zero-order valence-electron chi connectivity index (χ0n) is 11.8. The van der Waals surface area contributed by atoms with Crippen LogP contribution < -0.4 is 11.1 Å². The maximum Gasteiger partial charge on any atom is 0.401 e. The molecule has 3 rings (SSSR count). The summed E-state index contributed by atoms with van der Waals surface area (Å²) < 4.78 is 37.2. The van der Waals surface area contributed by atoms with E-state index in [2.05, 4.69) is 15.3 Å². The smallest absolute Gasteiger partial charge is 0.383 e. The van der Waals surface area contributed by atoms with Crippen LogP contribution in [0, 0.1) is 0 Å². The highest BCUT2D eigenvalue weighted by Gasteiger charge is 2.34. The summed E-state index contributed by atoms with van der Waals surface area (Å²) in [5.41, 5.74) is 6.60. The van der Waals surface area contributed by atoms with Gasteiger partial charge in [-0.15, -0.1) is 0 Å². The van der Waals surface area contributed by atoms with Crippen molar-refractivity contribution in [1.82, 2.24) is 14.9 Å². The van der Waals surface area contributed by atoms with Crippen LogP contribution in [0.25, 0.3) is 10.9 Å². The largest absolute Gasteiger partial charge is 0.401 e. The topological polar surface area (TPSA) is 67.1 Å². The van der Waals surface area contributed by atoms with Crippen molar-refractivity contribution in [2.24, 2.45) is 0 Å². The zero-order chi connectivity index (χ0) is 15.7. The molecule has 0 radical (unpaired) electrons. The molecule has 1 aliphatic heterocycles. The summed E-state index contributed by atoms with van der Waals surface area (Å²) in [4.78, 5) is 9.91. The van der Waals surface area contributed by atoms with E-state index in [-0.39, 0.29) is 6.04 Å². The van der Waals surface area contributed by atoms with E-state index in [1.807, 2.05) is 24.3 Å². The van der Waals surface area contributed by atoms with Crippen LogP contribution >= 0.6 is 0 Å². The third-order valence-electron chi connectivity index (χ3n) is 3.64. The van der Waals surface area contributed by atoms with Gasteiger partial charge in [-0.25, -0.2) is 4.98 Å². The number of para-hydroxylation sites is 1. The van der Waals surface area contributed by atoms with Gasteiger partial charge >= 0.3 is 6.18 Å². The minimum absolute atomic E-state index is 0.108. The van der Waals surface area contributed by atoms with Crippen molar-refractivity contribution >= 4 is 22.7 Å². The van der Waals surface area contributed by atoms with Crippen molar-refractivity contribution in [2.75, 3.05) is 30.7 Å². The molecule has 0 amide bonds. The number of hydrogen-bond acceptors (Lipinski definition) is 5. The molecule has 1 saturated heterocycles. The van der Waals surface area contributed by atoms with E-state index in [0.29, 0.717) is 36.8 Å². The average molecular weight is 311 g/mol. The van der Waals surface area contributed by atoms with E-state index in [4.69, 9.17) is 5.73 Å². The van der Waals surface area contributed by atoms with Crippen LogP contribution in [0.5, 0.6) is 0 Å². The second kappa shape index (κ2) is 5.60. The standard InChI is InChI=1S/C14H16F3N5/c15-14(16,17)8-22-6-5-9(7-22)19-13-20-11-4-2-1-3-10(11)12(18)21-13/h1-4,9H,5-8H2,(H3,18,19,20,21). The molecule has 0 saturated carbocycles. The molecule has 0 spiro atoms. The lowest BCUT2D eigenvalue weighted by Gasteiger charge is -2.18. The van der Waals surface area contributed by atoms with Crippen molar-refractivity contribution in [3.05, 3.63) is 24.3 Å². The Balaban J connectivity index is 1.69. The number of aromatic nitrogens is 2. The third kappa shape index (κ3) is 3.38. The van der Waals surface area contributed by atoms with Crippen LogP contribution in [0.2, 0.25) is 0 Å². The Morgan fingerprint density at radius 3 is 2.82 bits per heavy atom. The van der Waals surface area contributed by atoms with Crippen molar-refractivity contribution < 1.29 is 13.2 Å². The minimum Gasteiger partial charge on any atom is -0.383 e. The summed E-state index contributed by atoms with van der Waals surface area (Å²) in [6, 6.07) is 7.24. The van der Waals surface area contributed by atoms with Crippen LogP contribution in [-0.4, -0.2) is 46.7 Å². The number of nitrogens with two attached hydrogens (primary N) is 1. The second-order valence-corrected chi connectivity index (χ2v) is 5.43. The Morgan fingerprint density at radius 1 is 1.27 bits per heavy atom. The summed E-state index contributed by atoms with van der Waals surface area (Å²) in [5, 5.41) is 3.84. The monoisotopic (exact) mass is 311 g/mol. The first-order valence-electron chi connectivity index (χ1n) is 6.98. The van der Waals surface area contributed by atoms with Crippen molar-refractivity contribution in [2.45, 2.75) is 18.6 Å². The summed E-state index contributed by atoms with van der Waals surface area (Å²) in [6.07, 6.45) is -3.55. The molecule has 2 heterocycles. The maximum atomic E-state index is 12.4. The molecule has 0 aliphatic carbocycles. The number of nitrogen functional groups attached to an aromatic ring is 1. The van der Waals surface area contributed by atoms with Crippen LogP contribution in [0.1, 0.15) is 6.42 Å². The van der Waals surface area contributed by atoms with Gasteiger partial charge in [-0.1, -0.05) is 12.1 Å². The molecule has 0 bridgehead atoms. The Bertz CT molecular complexity index is 673. The number of halogens is 3. The Kier molecular flexibility index (Phi) is 3.78. The quantitative estimate of drug-likeness (QED) is 0.910. The van der Waals surface area contributed by atoms with Crippen molar-refractivity contribution in [1.29, 1.82) is 0 Å². The summed E-state index contributed by atoms with van der Waals surface area (Å²) >= 11 is 0. The summed E-state index contributed by atoms with van der Waals surface area (Å²) in [7, 11) is 0. The first-order chi connectivity index (χ1) is 10.4. The molecule has 5 nitrogen and oxygen atoms in total. The van der Waals surface area contributed by atoms with E-state index < -0.39 is 12.7 Å². The van der Waals surface area contributed by atoms with Gasteiger partial charge < -0.3 is 11.1 Å². The molecule has 3 N–H and O–H groups in total. The molecule has 118 valence electrons. The Morgan fingerprint density at radius 2 is 2.05 bits per heavy atom. The van der Waals surface area contributed by atoms with E-state index in [1.165, 1.54) is 4.90 Å². The highest BCUT2D eigenvalue weighted by molar-refractivity contribution is 5.88. The predicted molar refractivity (Wildman–Crippen MR) is 78.5 cm³/mol. The van der Waals surface area contributed by atoms with E-state index in [0.717, 1.165) is 5.39 Å².